The summed E-state index contributed by atoms with van der Waals surface area (Å²) in [5, 5.41) is 5.28. The molecule has 35 heavy (non-hydrogen) atoms. The van der Waals surface area contributed by atoms with Gasteiger partial charge in [-0.15, -0.1) is 0 Å². The van der Waals surface area contributed by atoms with E-state index in [1.807, 2.05) is 6.92 Å². The molecule has 0 aromatic heterocycles. The molecule has 0 spiro atoms. The third-order valence-corrected chi connectivity index (χ3v) is 8.06. The predicted octanol–water partition coefficient (Wildman–Crippen LogP) is 5.91. The molecular formula is C25H24Cl3N3O3S. The molecule has 0 saturated heterocycles. The summed E-state index contributed by atoms with van der Waals surface area (Å²) in [5.41, 5.74) is 5.78. The molecule has 0 fully saturated rings. The minimum absolute atomic E-state index is 0.0214. The highest BCUT2D eigenvalue weighted by Crippen LogP contribution is 2.27. The van der Waals surface area contributed by atoms with Crippen molar-refractivity contribution in [2.24, 2.45) is 5.10 Å². The number of hydrogen-bond donors (Lipinski definition) is 1. The number of hydrazone groups is 1. The first kappa shape index (κ1) is 27.2. The molecule has 1 amide bonds. The Hall–Kier alpha value is -2.42. The molecular weight excluding hydrogens is 529 g/mol. The molecule has 0 bridgehead atoms. The smallest absolute Gasteiger partial charge is 0.255 e. The molecule has 0 aliphatic rings. The van der Waals surface area contributed by atoms with E-state index in [1.165, 1.54) is 6.21 Å². The normalized spacial score (nSPS) is 11.9. The van der Waals surface area contributed by atoms with Gasteiger partial charge in [0.2, 0.25) is 10.0 Å². The number of nitrogens with zero attached hydrogens (tertiary/aromatic N) is 2. The van der Waals surface area contributed by atoms with E-state index in [4.69, 9.17) is 34.8 Å². The van der Waals surface area contributed by atoms with Crippen LogP contribution in [0.3, 0.4) is 0 Å². The van der Waals surface area contributed by atoms with Crippen molar-refractivity contribution in [3.05, 3.63) is 97.5 Å². The summed E-state index contributed by atoms with van der Waals surface area (Å²) in [6, 6.07) is 15.2. The minimum atomic E-state index is -4.02. The number of rotatable bonds is 8. The van der Waals surface area contributed by atoms with E-state index in [0.717, 1.165) is 9.87 Å². The molecule has 184 valence electrons. The van der Waals surface area contributed by atoms with E-state index < -0.39 is 22.5 Å². The standard InChI is InChI=1S/C25H24Cl3N3O3S/c1-16-10-17(2)25(18(3)11-16)35(33,34)31(14-19-4-7-21(26)8-5-19)15-24(32)30-29-13-20-6-9-22(27)12-23(20)28/h4-13H,14-15H2,1-3H3,(H,30,32)/b29-13+. The molecule has 0 aliphatic heterocycles. The van der Waals surface area contributed by atoms with Gasteiger partial charge < -0.3 is 0 Å². The quantitative estimate of drug-likeness (QED) is 0.279. The highest BCUT2D eigenvalue weighted by molar-refractivity contribution is 7.89. The summed E-state index contributed by atoms with van der Waals surface area (Å²) in [6.07, 6.45) is 1.36. The number of carbonyl (C=O) groups is 1. The van der Waals surface area contributed by atoms with Gasteiger partial charge in [0, 0.05) is 22.2 Å². The van der Waals surface area contributed by atoms with Crippen molar-refractivity contribution >= 4 is 56.9 Å². The van der Waals surface area contributed by atoms with Gasteiger partial charge in [-0.25, -0.2) is 13.8 Å². The van der Waals surface area contributed by atoms with E-state index in [2.05, 4.69) is 10.5 Å². The fourth-order valence-corrected chi connectivity index (χ4v) is 6.08. The Balaban J connectivity index is 1.87. The maximum Gasteiger partial charge on any atom is 0.255 e. The van der Waals surface area contributed by atoms with Crippen molar-refractivity contribution in [2.75, 3.05) is 6.54 Å². The Labute approximate surface area is 220 Å². The van der Waals surface area contributed by atoms with Gasteiger partial charge in [0.05, 0.1) is 22.7 Å². The predicted molar refractivity (Wildman–Crippen MR) is 142 cm³/mol. The van der Waals surface area contributed by atoms with Crippen LogP contribution in [0.15, 0.2) is 64.6 Å². The maximum atomic E-state index is 13.7. The fourth-order valence-electron chi connectivity index (χ4n) is 3.70. The van der Waals surface area contributed by atoms with Crippen LogP contribution in [0.1, 0.15) is 27.8 Å². The van der Waals surface area contributed by atoms with Gasteiger partial charge in [-0.1, -0.05) is 70.7 Å². The second-order valence-electron chi connectivity index (χ2n) is 8.09. The molecule has 0 radical (unpaired) electrons. The lowest BCUT2D eigenvalue weighted by atomic mass is 10.1. The zero-order valence-electron chi connectivity index (χ0n) is 19.3. The third-order valence-electron chi connectivity index (χ3n) is 5.15. The molecule has 10 heteroatoms. The van der Waals surface area contributed by atoms with Crippen LogP contribution < -0.4 is 5.43 Å². The number of hydrogen-bond acceptors (Lipinski definition) is 4. The molecule has 0 atom stereocenters. The Morgan fingerprint density at radius 1 is 0.943 bits per heavy atom. The van der Waals surface area contributed by atoms with Gasteiger partial charge in [0.1, 0.15) is 0 Å². The van der Waals surface area contributed by atoms with Crippen molar-refractivity contribution in [1.29, 1.82) is 0 Å². The van der Waals surface area contributed by atoms with Gasteiger partial charge in [0.25, 0.3) is 5.91 Å². The monoisotopic (exact) mass is 551 g/mol. The highest BCUT2D eigenvalue weighted by atomic mass is 35.5. The number of benzene rings is 3. The van der Waals surface area contributed by atoms with Gasteiger partial charge in [-0.2, -0.15) is 9.41 Å². The van der Waals surface area contributed by atoms with E-state index in [-0.39, 0.29) is 11.4 Å². The van der Waals surface area contributed by atoms with Crippen LogP contribution in [0, 0.1) is 20.8 Å². The average Bonchev–Trinajstić information content (AvgIpc) is 2.75. The first-order chi connectivity index (χ1) is 16.5. The van der Waals surface area contributed by atoms with E-state index >= 15 is 0 Å². The second kappa shape index (κ2) is 11.5. The minimum Gasteiger partial charge on any atom is -0.272 e. The van der Waals surface area contributed by atoms with Crippen LogP contribution in [-0.4, -0.2) is 31.4 Å². The lowest BCUT2D eigenvalue weighted by Crippen LogP contribution is -2.39. The van der Waals surface area contributed by atoms with Gasteiger partial charge in [-0.3, -0.25) is 4.79 Å². The number of sulfonamides is 1. The Kier molecular flexibility index (Phi) is 8.96. The number of halogens is 3. The molecule has 0 saturated carbocycles. The lowest BCUT2D eigenvalue weighted by Gasteiger charge is -2.24. The topological polar surface area (TPSA) is 78.8 Å². The molecule has 0 unspecified atom stereocenters. The Morgan fingerprint density at radius 3 is 2.14 bits per heavy atom. The molecule has 1 N–H and O–H groups in total. The van der Waals surface area contributed by atoms with E-state index in [1.54, 1.807) is 68.4 Å². The van der Waals surface area contributed by atoms with Crippen molar-refractivity contribution in [1.82, 2.24) is 9.73 Å². The summed E-state index contributed by atoms with van der Waals surface area (Å²) >= 11 is 18.0. The summed E-state index contributed by atoms with van der Waals surface area (Å²) < 4.78 is 28.6. The SMILES string of the molecule is Cc1cc(C)c(S(=O)(=O)N(CC(=O)N/N=C/c2ccc(Cl)cc2Cl)Cc2ccc(Cl)cc2)c(C)c1. The van der Waals surface area contributed by atoms with E-state index in [9.17, 15) is 13.2 Å². The zero-order valence-corrected chi connectivity index (χ0v) is 22.4. The van der Waals surface area contributed by atoms with Crippen molar-refractivity contribution in [3.63, 3.8) is 0 Å². The number of aryl methyl sites for hydroxylation is 3. The number of amides is 1. The van der Waals surface area contributed by atoms with Crippen molar-refractivity contribution < 1.29 is 13.2 Å². The van der Waals surface area contributed by atoms with Crippen LogP contribution in [0.2, 0.25) is 15.1 Å². The van der Waals surface area contributed by atoms with Crippen LogP contribution >= 0.6 is 34.8 Å². The largest absolute Gasteiger partial charge is 0.272 e. The van der Waals surface area contributed by atoms with Gasteiger partial charge in [0.15, 0.2) is 0 Å². The maximum absolute atomic E-state index is 13.7. The highest BCUT2D eigenvalue weighted by Gasteiger charge is 2.30. The first-order valence-electron chi connectivity index (χ1n) is 10.6. The van der Waals surface area contributed by atoms with Crippen molar-refractivity contribution in [2.45, 2.75) is 32.2 Å². The third kappa shape index (κ3) is 7.06. The summed E-state index contributed by atoms with van der Waals surface area (Å²) in [4.78, 5) is 12.9. The Morgan fingerprint density at radius 2 is 1.54 bits per heavy atom. The molecule has 0 heterocycles. The van der Waals surface area contributed by atoms with E-state index in [0.29, 0.717) is 37.3 Å². The van der Waals surface area contributed by atoms with Crippen molar-refractivity contribution in [3.8, 4) is 0 Å². The number of nitrogens with one attached hydrogen (secondary N) is 1. The van der Waals surface area contributed by atoms with Gasteiger partial charge >= 0.3 is 0 Å². The molecule has 3 rings (SSSR count). The molecule has 3 aromatic rings. The fraction of sp³-hybridized carbons (Fsp3) is 0.200. The summed E-state index contributed by atoms with van der Waals surface area (Å²) in [5.74, 6) is -0.605. The first-order valence-corrected chi connectivity index (χ1v) is 13.1. The van der Waals surface area contributed by atoms with Crippen LogP contribution in [-0.2, 0) is 21.4 Å². The lowest BCUT2D eigenvalue weighted by molar-refractivity contribution is -0.121. The molecule has 3 aromatic carbocycles. The van der Waals surface area contributed by atoms with Crippen LogP contribution in [0.4, 0.5) is 0 Å². The van der Waals surface area contributed by atoms with Crippen LogP contribution in [0.25, 0.3) is 0 Å². The molecule has 0 aliphatic carbocycles. The summed E-state index contributed by atoms with van der Waals surface area (Å²) in [6.45, 7) is 4.93. The average molecular weight is 553 g/mol. The number of carbonyl (C=O) groups excluding carboxylic acids is 1. The second-order valence-corrected chi connectivity index (χ2v) is 11.2. The Bertz CT molecular complexity index is 1350. The molecule has 6 nitrogen and oxygen atoms in total. The van der Waals surface area contributed by atoms with Gasteiger partial charge in [-0.05, 0) is 61.7 Å². The zero-order chi connectivity index (χ0) is 25.8. The van der Waals surface area contributed by atoms with Crippen LogP contribution in [0.5, 0.6) is 0 Å². The summed E-state index contributed by atoms with van der Waals surface area (Å²) in [7, 11) is -4.02.